The van der Waals surface area contributed by atoms with E-state index in [2.05, 4.69) is 0 Å². The third kappa shape index (κ3) is 5.52. The Morgan fingerprint density at radius 1 is 1.40 bits per heavy atom. The van der Waals surface area contributed by atoms with Crippen LogP contribution in [0, 0.1) is 0 Å². The van der Waals surface area contributed by atoms with Crippen molar-refractivity contribution >= 4 is 41.7 Å². The summed E-state index contributed by atoms with van der Waals surface area (Å²) in [5.74, 6) is 1.02. The number of carbonyl (C=O) groups excluding carboxylic acids is 1. The van der Waals surface area contributed by atoms with E-state index < -0.39 is 0 Å². The van der Waals surface area contributed by atoms with Crippen molar-refractivity contribution in [2.45, 2.75) is 30.2 Å². The monoisotopic (exact) mass is 334 g/mol. The number of benzene rings is 1. The summed E-state index contributed by atoms with van der Waals surface area (Å²) >= 11 is 7.51. The minimum atomic E-state index is 0. The standard InChI is InChI=1S/C14H19ClN2OS.ClH/c15-11-3-5-13(6-4-11)19-9-7-14(18)17-8-1-2-12(16)10-17;/h3-6,12H,1-2,7-10,16H2;1H. The highest BCUT2D eigenvalue weighted by molar-refractivity contribution is 7.99. The number of halogens is 2. The number of amides is 1. The quantitative estimate of drug-likeness (QED) is 0.860. The molecular weight excluding hydrogens is 315 g/mol. The number of nitrogens with two attached hydrogens (primary N) is 1. The molecule has 2 N–H and O–H groups in total. The van der Waals surface area contributed by atoms with Crippen LogP contribution in [-0.2, 0) is 4.79 Å². The van der Waals surface area contributed by atoms with Gasteiger partial charge in [-0.05, 0) is 37.1 Å². The van der Waals surface area contributed by atoms with E-state index in [1.807, 2.05) is 29.2 Å². The van der Waals surface area contributed by atoms with E-state index >= 15 is 0 Å². The molecule has 0 spiro atoms. The first kappa shape index (κ1) is 17.6. The first-order valence-electron chi connectivity index (χ1n) is 6.57. The Morgan fingerprint density at radius 3 is 2.75 bits per heavy atom. The maximum Gasteiger partial charge on any atom is 0.223 e. The molecule has 2 rings (SSSR count). The first-order valence-corrected chi connectivity index (χ1v) is 7.93. The van der Waals surface area contributed by atoms with Crippen LogP contribution >= 0.6 is 35.8 Å². The summed E-state index contributed by atoms with van der Waals surface area (Å²) in [4.78, 5) is 15.1. The van der Waals surface area contributed by atoms with Crippen molar-refractivity contribution in [2.24, 2.45) is 5.73 Å². The summed E-state index contributed by atoms with van der Waals surface area (Å²) in [5.41, 5.74) is 5.89. The second kappa shape index (κ2) is 8.78. The van der Waals surface area contributed by atoms with Gasteiger partial charge in [-0.3, -0.25) is 4.79 Å². The van der Waals surface area contributed by atoms with Crippen molar-refractivity contribution in [3.8, 4) is 0 Å². The average Bonchev–Trinajstić information content (AvgIpc) is 2.41. The fourth-order valence-corrected chi connectivity index (χ4v) is 3.15. The Morgan fingerprint density at radius 2 is 2.10 bits per heavy atom. The molecule has 1 fully saturated rings. The van der Waals surface area contributed by atoms with Gasteiger partial charge < -0.3 is 10.6 Å². The smallest absolute Gasteiger partial charge is 0.223 e. The molecule has 1 atom stereocenters. The molecule has 0 saturated carbocycles. The van der Waals surface area contributed by atoms with E-state index in [0.29, 0.717) is 13.0 Å². The van der Waals surface area contributed by atoms with Crippen molar-refractivity contribution < 1.29 is 4.79 Å². The second-order valence-corrected chi connectivity index (χ2v) is 6.40. The van der Waals surface area contributed by atoms with Gasteiger partial charge in [-0.1, -0.05) is 11.6 Å². The van der Waals surface area contributed by atoms with E-state index in [-0.39, 0.29) is 24.4 Å². The fourth-order valence-electron chi connectivity index (χ4n) is 2.18. The van der Waals surface area contributed by atoms with Gasteiger partial charge in [0.1, 0.15) is 0 Å². The lowest BCUT2D eigenvalue weighted by atomic mass is 10.1. The summed E-state index contributed by atoms with van der Waals surface area (Å²) in [6.45, 7) is 1.57. The Bertz CT molecular complexity index is 428. The summed E-state index contributed by atoms with van der Waals surface area (Å²) in [5, 5.41) is 0.739. The lowest BCUT2D eigenvalue weighted by Gasteiger charge is -2.30. The van der Waals surface area contributed by atoms with E-state index in [4.69, 9.17) is 17.3 Å². The molecule has 1 aromatic carbocycles. The molecule has 6 heteroatoms. The summed E-state index contributed by atoms with van der Waals surface area (Å²) in [6.07, 6.45) is 2.63. The van der Waals surface area contributed by atoms with Crippen molar-refractivity contribution in [1.82, 2.24) is 4.90 Å². The third-order valence-corrected chi connectivity index (χ3v) is 4.47. The van der Waals surface area contributed by atoms with Crippen LogP contribution in [0.5, 0.6) is 0 Å². The zero-order chi connectivity index (χ0) is 13.7. The van der Waals surface area contributed by atoms with Crippen LogP contribution in [0.2, 0.25) is 5.02 Å². The predicted octanol–water partition coefficient (Wildman–Crippen LogP) is 3.19. The highest BCUT2D eigenvalue weighted by Crippen LogP contribution is 2.21. The van der Waals surface area contributed by atoms with E-state index in [1.165, 1.54) is 0 Å². The number of carbonyl (C=O) groups is 1. The number of thioether (sulfide) groups is 1. The molecule has 20 heavy (non-hydrogen) atoms. The van der Waals surface area contributed by atoms with Gasteiger partial charge in [-0.2, -0.15) is 0 Å². The minimum absolute atomic E-state index is 0. The maximum atomic E-state index is 12.0. The van der Waals surface area contributed by atoms with Crippen LogP contribution in [0.4, 0.5) is 0 Å². The fraction of sp³-hybridized carbons (Fsp3) is 0.500. The highest BCUT2D eigenvalue weighted by atomic mass is 35.5. The van der Waals surface area contributed by atoms with Crippen LogP contribution in [0.25, 0.3) is 0 Å². The minimum Gasteiger partial charge on any atom is -0.341 e. The van der Waals surface area contributed by atoms with Gasteiger partial charge in [0, 0.05) is 41.2 Å². The van der Waals surface area contributed by atoms with Crippen molar-refractivity contribution in [3.05, 3.63) is 29.3 Å². The highest BCUT2D eigenvalue weighted by Gasteiger charge is 2.20. The van der Waals surface area contributed by atoms with Crippen LogP contribution in [0.15, 0.2) is 29.2 Å². The third-order valence-electron chi connectivity index (χ3n) is 3.21. The molecule has 0 aromatic heterocycles. The lowest BCUT2D eigenvalue weighted by molar-refractivity contribution is -0.131. The largest absolute Gasteiger partial charge is 0.341 e. The lowest BCUT2D eigenvalue weighted by Crippen LogP contribution is -2.45. The van der Waals surface area contributed by atoms with Gasteiger partial charge in [0.05, 0.1) is 0 Å². The Labute approximate surface area is 135 Å². The molecule has 3 nitrogen and oxygen atoms in total. The zero-order valence-electron chi connectivity index (χ0n) is 11.3. The van der Waals surface area contributed by atoms with Gasteiger partial charge in [0.2, 0.25) is 5.91 Å². The molecule has 0 bridgehead atoms. The summed E-state index contributed by atoms with van der Waals surface area (Å²) in [7, 11) is 0. The SMILES string of the molecule is Cl.NC1CCCN(C(=O)CCSc2ccc(Cl)cc2)C1. The average molecular weight is 335 g/mol. The van der Waals surface area contributed by atoms with E-state index in [1.54, 1.807) is 11.8 Å². The maximum absolute atomic E-state index is 12.0. The zero-order valence-corrected chi connectivity index (χ0v) is 13.6. The molecule has 1 aliphatic heterocycles. The molecular formula is C14H20Cl2N2OS. The second-order valence-electron chi connectivity index (χ2n) is 4.79. The number of likely N-dealkylation sites (tertiary alicyclic amines) is 1. The number of piperidine rings is 1. The summed E-state index contributed by atoms with van der Waals surface area (Å²) in [6, 6.07) is 7.86. The Hall–Kier alpha value is -0.420. The first-order chi connectivity index (χ1) is 9.15. The molecule has 1 aromatic rings. The molecule has 1 amide bonds. The van der Waals surface area contributed by atoms with Crippen molar-refractivity contribution in [2.75, 3.05) is 18.8 Å². The molecule has 0 aliphatic carbocycles. The molecule has 1 aliphatic rings. The van der Waals surface area contributed by atoms with E-state index in [9.17, 15) is 4.79 Å². The summed E-state index contributed by atoms with van der Waals surface area (Å²) < 4.78 is 0. The Kier molecular flexibility index (Phi) is 7.74. The van der Waals surface area contributed by atoms with Crippen LogP contribution in [-0.4, -0.2) is 35.7 Å². The molecule has 1 saturated heterocycles. The molecule has 0 radical (unpaired) electrons. The van der Waals surface area contributed by atoms with E-state index in [0.717, 1.165) is 35.1 Å². The predicted molar refractivity (Wildman–Crippen MR) is 87.8 cm³/mol. The van der Waals surface area contributed by atoms with Crippen LogP contribution < -0.4 is 5.73 Å². The molecule has 112 valence electrons. The van der Waals surface area contributed by atoms with Crippen LogP contribution in [0.3, 0.4) is 0 Å². The van der Waals surface area contributed by atoms with Gasteiger partial charge in [-0.25, -0.2) is 0 Å². The molecule has 1 heterocycles. The van der Waals surface area contributed by atoms with Gasteiger partial charge in [0.25, 0.3) is 0 Å². The number of nitrogens with zero attached hydrogens (tertiary/aromatic N) is 1. The van der Waals surface area contributed by atoms with Crippen LogP contribution in [0.1, 0.15) is 19.3 Å². The molecule has 1 unspecified atom stereocenters. The number of hydrogen-bond acceptors (Lipinski definition) is 3. The van der Waals surface area contributed by atoms with Gasteiger partial charge in [-0.15, -0.1) is 24.2 Å². The van der Waals surface area contributed by atoms with Gasteiger partial charge in [0.15, 0.2) is 0 Å². The number of hydrogen-bond donors (Lipinski definition) is 1. The Balaban J connectivity index is 0.00000200. The van der Waals surface area contributed by atoms with Gasteiger partial charge >= 0.3 is 0 Å². The topological polar surface area (TPSA) is 46.3 Å². The van der Waals surface area contributed by atoms with Crippen molar-refractivity contribution in [3.63, 3.8) is 0 Å². The number of rotatable bonds is 4. The normalized spacial score (nSPS) is 18.5. The van der Waals surface area contributed by atoms with Crippen molar-refractivity contribution in [1.29, 1.82) is 0 Å².